The van der Waals surface area contributed by atoms with Crippen molar-refractivity contribution in [1.82, 2.24) is 0 Å². The highest BCUT2D eigenvalue weighted by Crippen LogP contribution is 2.15. The molecule has 0 saturated carbocycles. The molecule has 0 bridgehead atoms. The zero-order chi connectivity index (χ0) is 13.7. The van der Waals surface area contributed by atoms with Crippen molar-refractivity contribution in [2.24, 2.45) is 5.92 Å². The van der Waals surface area contributed by atoms with Gasteiger partial charge in [0.05, 0.1) is 18.6 Å². The molecule has 1 aromatic rings. The molecule has 0 spiro atoms. The molecule has 0 saturated heterocycles. The van der Waals surface area contributed by atoms with Crippen LogP contribution in [0, 0.1) is 5.92 Å². The van der Waals surface area contributed by atoms with Crippen LogP contribution < -0.4 is 0 Å². The van der Waals surface area contributed by atoms with E-state index in [1.54, 1.807) is 32.0 Å². The van der Waals surface area contributed by atoms with Gasteiger partial charge in [-0.3, -0.25) is 4.79 Å². The Morgan fingerprint density at radius 2 is 1.94 bits per heavy atom. The van der Waals surface area contributed by atoms with Gasteiger partial charge in [0.2, 0.25) is 0 Å². The number of methoxy groups -OCH3 is 1. The van der Waals surface area contributed by atoms with Gasteiger partial charge in [-0.2, -0.15) is 0 Å². The van der Waals surface area contributed by atoms with Gasteiger partial charge in [0, 0.05) is 5.02 Å². The third kappa shape index (κ3) is 3.74. The molecular weight excluding hydrogens is 256 g/mol. The van der Waals surface area contributed by atoms with Gasteiger partial charge in [-0.25, -0.2) is 4.79 Å². The summed E-state index contributed by atoms with van der Waals surface area (Å²) in [7, 11) is 1.30. The van der Waals surface area contributed by atoms with E-state index in [0.717, 1.165) is 0 Å². The molecule has 0 amide bonds. The SMILES string of the molecule is COC(=O)[C@@H](C)[C@@H](C)OC(=O)c1cccc(Cl)c1. The fraction of sp³-hybridized carbons (Fsp3) is 0.385. The van der Waals surface area contributed by atoms with Crippen LogP contribution in [0.4, 0.5) is 0 Å². The number of ether oxygens (including phenoxy) is 2. The summed E-state index contributed by atoms with van der Waals surface area (Å²) in [6, 6.07) is 6.44. The Kier molecular flexibility index (Phi) is 5.16. The summed E-state index contributed by atoms with van der Waals surface area (Å²) in [5, 5.41) is 0.457. The Morgan fingerprint density at radius 1 is 1.28 bits per heavy atom. The first-order valence-electron chi connectivity index (χ1n) is 5.50. The lowest BCUT2D eigenvalue weighted by Gasteiger charge is -2.18. The molecule has 5 heteroatoms. The maximum Gasteiger partial charge on any atom is 0.338 e. The normalized spacial score (nSPS) is 13.6. The Bertz CT molecular complexity index is 444. The quantitative estimate of drug-likeness (QED) is 0.790. The minimum absolute atomic E-state index is 0.353. The molecule has 1 aromatic carbocycles. The van der Waals surface area contributed by atoms with E-state index in [0.29, 0.717) is 10.6 Å². The number of benzene rings is 1. The van der Waals surface area contributed by atoms with Crippen molar-refractivity contribution < 1.29 is 19.1 Å². The van der Waals surface area contributed by atoms with E-state index in [2.05, 4.69) is 4.74 Å². The largest absolute Gasteiger partial charge is 0.469 e. The van der Waals surface area contributed by atoms with Crippen molar-refractivity contribution in [3.63, 3.8) is 0 Å². The van der Waals surface area contributed by atoms with Crippen molar-refractivity contribution in [3.8, 4) is 0 Å². The lowest BCUT2D eigenvalue weighted by atomic mass is 10.1. The summed E-state index contributed by atoms with van der Waals surface area (Å²) in [6.45, 7) is 3.28. The smallest absolute Gasteiger partial charge is 0.338 e. The van der Waals surface area contributed by atoms with Crippen LogP contribution in [0.15, 0.2) is 24.3 Å². The molecule has 1 rings (SSSR count). The summed E-state index contributed by atoms with van der Waals surface area (Å²) in [5.74, 6) is -1.44. The minimum Gasteiger partial charge on any atom is -0.469 e. The number of hydrogen-bond acceptors (Lipinski definition) is 4. The standard InChI is InChI=1S/C13H15ClO4/c1-8(12(15)17-3)9(2)18-13(16)10-5-4-6-11(14)7-10/h4-9H,1-3H3/t8-,9+/m0/s1. The van der Waals surface area contributed by atoms with Crippen molar-refractivity contribution >= 4 is 23.5 Å². The monoisotopic (exact) mass is 270 g/mol. The first-order chi connectivity index (χ1) is 8.45. The molecule has 0 aromatic heterocycles. The second-order valence-corrected chi connectivity index (χ2v) is 4.37. The van der Waals surface area contributed by atoms with Crippen LogP contribution in [0.3, 0.4) is 0 Å². The zero-order valence-corrected chi connectivity index (χ0v) is 11.2. The highest BCUT2D eigenvalue weighted by molar-refractivity contribution is 6.30. The van der Waals surface area contributed by atoms with Gasteiger partial charge in [-0.1, -0.05) is 17.7 Å². The lowest BCUT2D eigenvalue weighted by Crippen LogP contribution is -2.29. The highest BCUT2D eigenvalue weighted by Gasteiger charge is 2.24. The summed E-state index contributed by atoms with van der Waals surface area (Å²) in [6.07, 6.45) is -0.566. The molecule has 18 heavy (non-hydrogen) atoms. The van der Waals surface area contributed by atoms with E-state index in [-0.39, 0.29) is 0 Å². The van der Waals surface area contributed by atoms with Crippen LogP contribution in [0.2, 0.25) is 5.02 Å². The van der Waals surface area contributed by atoms with Crippen LogP contribution in [-0.2, 0) is 14.3 Å². The van der Waals surface area contributed by atoms with Crippen LogP contribution >= 0.6 is 11.6 Å². The first kappa shape index (κ1) is 14.5. The van der Waals surface area contributed by atoms with Crippen LogP contribution in [-0.4, -0.2) is 25.2 Å². The predicted octanol–water partition coefficient (Wildman–Crippen LogP) is 2.69. The van der Waals surface area contributed by atoms with Crippen molar-refractivity contribution in [3.05, 3.63) is 34.9 Å². The van der Waals surface area contributed by atoms with Gasteiger partial charge < -0.3 is 9.47 Å². The maximum atomic E-state index is 11.8. The molecule has 0 N–H and O–H groups in total. The first-order valence-corrected chi connectivity index (χ1v) is 5.88. The second kappa shape index (κ2) is 6.40. The number of esters is 2. The fourth-order valence-corrected chi connectivity index (χ4v) is 1.52. The predicted molar refractivity (Wildman–Crippen MR) is 67.5 cm³/mol. The molecule has 0 unspecified atom stereocenters. The van der Waals surface area contributed by atoms with Gasteiger partial charge in [-0.15, -0.1) is 0 Å². The van der Waals surface area contributed by atoms with Crippen LogP contribution in [0.5, 0.6) is 0 Å². The van der Waals surface area contributed by atoms with E-state index >= 15 is 0 Å². The fourth-order valence-electron chi connectivity index (χ4n) is 1.33. The van der Waals surface area contributed by atoms with E-state index < -0.39 is 24.0 Å². The molecule has 0 aliphatic heterocycles. The molecule has 0 heterocycles. The molecule has 0 radical (unpaired) electrons. The molecule has 0 fully saturated rings. The lowest BCUT2D eigenvalue weighted by molar-refractivity contribution is -0.148. The van der Waals surface area contributed by atoms with Crippen molar-refractivity contribution in [2.45, 2.75) is 20.0 Å². The van der Waals surface area contributed by atoms with E-state index in [1.165, 1.54) is 13.2 Å². The minimum atomic E-state index is -0.566. The number of carbonyl (C=O) groups is 2. The number of halogens is 1. The van der Waals surface area contributed by atoms with Crippen LogP contribution in [0.1, 0.15) is 24.2 Å². The van der Waals surface area contributed by atoms with Gasteiger partial charge in [-0.05, 0) is 32.0 Å². The topological polar surface area (TPSA) is 52.6 Å². The van der Waals surface area contributed by atoms with Gasteiger partial charge in [0.15, 0.2) is 0 Å². The van der Waals surface area contributed by atoms with Gasteiger partial charge in [0.25, 0.3) is 0 Å². The Balaban J connectivity index is 2.68. The Hall–Kier alpha value is -1.55. The van der Waals surface area contributed by atoms with Crippen molar-refractivity contribution in [1.29, 1.82) is 0 Å². The highest BCUT2D eigenvalue weighted by atomic mass is 35.5. The number of carbonyl (C=O) groups excluding carboxylic acids is 2. The molecule has 4 nitrogen and oxygen atoms in total. The Morgan fingerprint density at radius 3 is 2.50 bits per heavy atom. The number of hydrogen-bond donors (Lipinski definition) is 0. The summed E-state index contributed by atoms with van der Waals surface area (Å²) < 4.78 is 9.77. The van der Waals surface area contributed by atoms with E-state index in [1.807, 2.05) is 0 Å². The molecule has 98 valence electrons. The molecule has 0 aliphatic rings. The molecular formula is C13H15ClO4. The third-order valence-corrected chi connectivity index (χ3v) is 2.87. The maximum absolute atomic E-state index is 11.8. The van der Waals surface area contributed by atoms with Gasteiger partial charge in [0.1, 0.15) is 6.10 Å². The van der Waals surface area contributed by atoms with Crippen LogP contribution in [0.25, 0.3) is 0 Å². The zero-order valence-electron chi connectivity index (χ0n) is 10.5. The van der Waals surface area contributed by atoms with Crippen molar-refractivity contribution in [2.75, 3.05) is 7.11 Å². The summed E-state index contributed by atoms with van der Waals surface area (Å²) in [5.41, 5.74) is 0.353. The third-order valence-electron chi connectivity index (χ3n) is 2.63. The summed E-state index contributed by atoms with van der Waals surface area (Å²) in [4.78, 5) is 23.1. The summed E-state index contributed by atoms with van der Waals surface area (Å²) >= 11 is 5.78. The van der Waals surface area contributed by atoms with Gasteiger partial charge >= 0.3 is 11.9 Å². The average molecular weight is 271 g/mol. The van der Waals surface area contributed by atoms with E-state index in [4.69, 9.17) is 16.3 Å². The van der Waals surface area contributed by atoms with E-state index in [9.17, 15) is 9.59 Å². The average Bonchev–Trinajstić information content (AvgIpc) is 2.36. The number of rotatable bonds is 4. The molecule has 2 atom stereocenters. The second-order valence-electron chi connectivity index (χ2n) is 3.93. The Labute approximate surface area is 111 Å². The molecule has 0 aliphatic carbocycles.